The van der Waals surface area contributed by atoms with E-state index in [0.29, 0.717) is 0 Å². The van der Waals surface area contributed by atoms with E-state index in [1.54, 1.807) is 0 Å². The van der Waals surface area contributed by atoms with Crippen molar-refractivity contribution in [1.82, 2.24) is 4.90 Å². The van der Waals surface area contributed by atoms with E-state index in [2.05, 4.69) is 36.4 Å². The van der Waals surface area contributed by atoms with Crippen LogP contribution >= 0.6 is 0 Å². The van der Waals surface area contributed by atoms with Crippen LogP contribution in [0.4, 0.5) is 0 Å². The first-order chi connectivity index (χ1) is 8.37. The molecule has 1 spiro atoms. The van der Waals surface area contributed by atoms with Crippen molar-refractivity contribution in [2.45, 2.75) is 31.2 Å². The third kappa shape index (κ3) is 1.51. The molecule has 0 N–H and O–H groups in total. The third-order valence-corrected chi connectivity index (χ3v) is 4.16. The number of carbonyl (C=O) groups is 1. The molecule has 2 nitrogen and oxygen atoms in total. The molecule has 1 heterocycles. The van der Waals surface area contributed by atoms with Crippen molar-refractivity contribution < 1.29 is 4.79 Å². The normalized spacial score (nSPS) is 26.9. The van der Waals surface area contributed by atoms with Crippen molar-refractivity contribution in [3.8, 4) is 0 Å². The summed E-state index contributed by atoms with van der Waals surface area (Å²) in [7, 11) is 0. The van der Waals surface area contributed by atoms with Crippen LogP contribution in [-0.4, -0.2) is 17.9 Å². The third-order valence-electron chi connectivity index (χ3n) is 4.16. The summed E-state index contributed by atoms with van der Waals surface area (Å²) in [5.41, 5.74) is 2.72. The largest absolute Gasteiger partial charge is 0.331 e. The minimum Gasteiger partial charge on any atom is -0.331 e. The van der Waals surface area contributed by atoms with E-state index < -0.39 is 0 Å². The topological polar surface area (TPSA) is 20.3 Å². The maximum atomic E-state index is 11.3. The Morgan fingerprint density at radius 2 is 2.12 bits per heavy atom. The Hall–Kier alpha value is -1.57. The van der Waals surface area contributed by atoms with Crippen molar-refractivity contribution in [3.05, 3.63) is 47.5 Å². The lowest BCUT2D eigenvalue weighted by molar-refractivity contribution is -0.124. The molecule has 88 valence electrons. The lowest BCUT2D eigenvalue weighted by atomic mass is 9.72. The quantitative estimate of drug-likeness (QED) is 0.533. The summed E-state index contributed by atoms with van der Waals surface area (Å²) in [5.74, 6) is 0. The smallest absolute Gasteiger partial charge is 0.210 e. The number of hydrogen-bond acceptors (Lipinski definition) is 1. The molecule has 0 radical (unpaired) electrons. The second-order valence-electron chi connectivity index (χ2n) is 4.98. The Bertz CT molecular complexity index is 466. The second kappa shape index (κ2) is 4.02. The molecule has 1 aliphatic carbocycles. The van der Waals surface area contributed by atoms with Gasteiger partial charge in [0.1, 0.15) is 0 Å². The average Bonchev–Trinajstić information content (AvgIpc) is 2.40. The maximum Gasteiger partial charge on any atom is 0.210 e. The number of benzene rings is 1. The fourth-order valence-electron chi connectivity index (χ4n) is 3.31. The summed E-state index contributed by atoms with van der Waals surface area (Å²) in [6.45, 7) is 0.748. The van der Waals surface area contributed by atoms with Gasteiger partial charge in [-0.3, -0.25) is 4.79 Å². The molecule has 2 aliphatic rings. The van der Waals surface area contributed by atoms with Crippen molar-refractivity contribution >= 4 is 6.41 Å². The summed E-state index contributed by atoms with van der Waals surface area (Å²) in [6.07, 6.45) is 9.71. The van der Waals surface area contributed by atoms with Gasteiger partial charge < -0.3 is 4.90 Å². The van der Waals surface area contributed by atoms with Gasteiger partial charge in [-0.25, -0.2) is 0 Å². The second-order valence-corrected chi connectivity index (χ2v) is 4.98. The zero-order chi connectivity index (χ0) is 11.7. The molecule has 1 aromatic rings. The molecule has 1 atom stereocenters. The first-order valence-electron chi connectivity index (χ1n) is 6.32. The fraction of sp³-hybridized carbons (Fsp3) is 0.400. The minimum atomic E-state index is -0.0641. The maximum absolute atomic E-state index is 11.3. The van der Waals surface area contributed by atoms with Crippen LogP contribution in [0.1, 0.15) is 30.4 Å². The highest BCUT2D eigenvalue weighted by atomic mass is 16.1. The molecular formula is C15H17NO. The lowest BCUT2D eigenvalue weighted by Crippen LogP contribution is -2.49. The first kappa shape index (κ1) is 10.6. The standard InChI is InChI=1S/C15H17NO/c17-12-16-11-4-3-9-15(16)10-5-7-13-6-1-2-8-14(13)15/h1-4,6,8,12H,5,7,9-11H2/t15-/m0/s1. The van der Waals surface area contributed by atoms with Crippen LogP contribution in [0.2, 0.25) is 0 Å². The number of amides is 1. The van der Waals surface area contributed by atoms with Crippen LogP contribution in [0.3, 0.4) is 0 Å². The summed E-state index contributed by atoms with van der Waals surface area (Å²) < 4.78 is 0. The van der Waals surface area contributed by atoms with Gasteiger partial charge in [0.2, 0.25) is 6.41 Å². The molecule has 0 aromatic heterocycles. The molecule has 1 aromatic carbocycles. The van der Waals surface area contributed by atoms with Gasteiger partial charge >= 0.3 is 0 Å². The number of nitrogens with zero attached hydrogens (tertiary/aromatic N) is 1. The molecule has 0 saturated carbocycles. The summed E-state index contributed by atoms with van der Waals surface area (Å²) in [6, 6.07) is 8.59. The van der Waals surface area contributed by atoms with Crippen LogP contribution < -0.4 is 0 Å². The van der Waals surface area contributed by atoms with Gasteiger partial charge in [0.05, 0.1) is 5.54 Å². The summed E-state index contributed by atoms with van der Waals surface area (Å²) in [4.78, 5) is 13.3. The van der Waals surface area contributed by atoms with E-state index in [1.165, 1.54) is 17.5 Å². The van der Waals surface area contributed by atoms with Gasteiger partial charge in [-0.2, -0.15) is 0 Å². The van der Waals surface area contributed by atoms with E-state index in [4.69, 9.17) is 0 Å². The van der Waals surface area contributed by atoms with Crippen LogP contribution in [0, 0.1) is 0 Å². The molecule has 0 saturated heterocycles. The minimum absolute atomic E-state index is 0.0641. The number of rotatable bonds is 1. The van der Waals surface area contributed by atoms with Gasteiger partial charge in [0, 0.05) is 6.54 Å². The molecular weight excluding hydrogens is 210 g/mol. The van der Waals surface area contributed by atoms with Gasteiger partial charge in [0.15, 0.2) is 0 Å². The van der Waals surface area contributed by atoms with E-state index in [1.807, 2.05) is 4.90 Å². The van der Waals surface area contributed by atoms with Gasteiger partial charge in [-0.05, 0) is 36.8 Å². The Morgan fingerprint density at radius 3 is 3.00 bits per heavy atom. The summed E-state index contributed by atoms with van der Waals surface area (Å²) >= 11 is 0. The molecule has 2 heteroatoms. The van der Waals surface area contributed by atoms with E-state index in [0.717, 1.165) is 32.2 Å². The van der Waals surface area contributed by atoms with Crippen LogP contribution in [-0.2, 0) is 16.8 Å². The zero-order valence-corrected chi connectivity index (χ0v) is 9.93. The average molecular weight is 227 g/mol. The Kier molecular flexibility index (Phi) is 2.50. The molecule has 1 aliphatic heterocycles. The predicted octanol–water partition coefficient (Wildman–Crippen LogP) is 2.64. The number of hydrogen-bond donors (Lipinski definition) is 0. The first-order valence-corrected chi connectivity index (χ1v) is 6.32. The predicted molar refractivity (Wildman–Crippen MR) is 67.6 cm³/mol. The molecule has 3 rings (SSSR count). The van der Waals surface area contributed by atoms with E-state index in [9.17, 15) is 4.79 Å². The fourth-order valence-corrected chi connectivity index (χ4v) is 3.31. The zero-order valence-electron chi connectivity index (χ0n) is 9.93. The molecule has 1 amide bonds. The monoisotopic (exact) mass is 227 g/mol. The van der Waals surface area contributed by atoms with E-state index in [-0.39, 0.29) is 5.54 Å². The van der Waals surface area contributed by atoms with Gasteiger partial charge in [-0.1, -0.05) is 36.4 Å². The number of carbonyl (C=O) groups excluding carboxylic acids is 1. The highest BCUT2D eigenvalue weighted by molar-refractivity contribution is 5.53. The molecule has 17 heavy (non-hydrogen) atoms. The number of aryl methyl sites for hydroxylation is 1. The molecule has 0 fully saturated rings. The molecule has 0 unspecified atom stereocenters. The lowest BCUT2D eigenvalue weighted by Gasteiger charge is -2.47. The van der Waals surface area contributed by atoms with Crippen molar-refractivity contribution in [1.29, 1.82) is 0 Å². The van der Waals surface area contributed by atoms with Crippen molar-refractivity contribution in [2.75, 3.05) is 6.54 Å². The van der Waals surface area contributed by atoms with Crippen molar-refractivity contribution in [2.24, 2.45) is 0 Å². The molecule has 0 bridgehead atoms. The van der Waals surface area contributed by atoms with E-state index >= 15 is 0 Å². The number of fused-ring (bicyclic) bond motifs is 2. The Labute approximate surface area is 102 Å². The van der Waals surface area contributed by atoms with Gasteiger partial charge in [-0.15, -0.1) is 0 Å². The Morgan fingerprint density at radius 1 is 1.24 bits per heavy atom. The van der Waals surface area contributed by atoms with Gasteiger partial charge in [0.25, 0.3) is 0 Å². The van der Waals surface area contributed by atoms with Crippen LogP contribution in [0.15, 0.2) is 36.4 Å². The summed E-state index contributed by atoms with van der Waals surface area (Å²) in [5, 5.41) is 0. The van der Waals surface area contributed by atoms with Crippen LogP contribution in [0.5, 0.6) is 0 Å². The van der Waals surface area contributed by atoms with Crippen LogP contribution in [0.25, 0.3) is 0 Å². The SMILES string of the molecule is O=CN1CC=CC[C@@]12CCCc1ccccc12. The highest BCUT2D eigenvalue weighted by Crippen LogP contribution is 2.43. The Balaban J connectivity index is 2.14. The highest BCUT2D eigenvalue weighted by Gasteiger charge is 2.41. The van der Waals surface area contributed by atoms with Crippen molar-refractivity contribution in [3.63, 3.8) is 0 Å².